The van der Waals surface area contributed by atoms with Crippen LogP contribution in [0.2, 0.25) is 0 Å². The van der Waals surface area contributed by atoms with Gasteiger partial charge in [-0.25, -0.2) is 9.07 Å². The molecule has 1 aliphatic rings. The number of nitrogens with zero attached hydrogens (tertiary/aromatic N) is 4. The number of aryl methyl sites for hydroxylation is 2. The van der Waals surface area contributed by atoms with Crippen molar-refractivity contribution in [3.05, 3.63) is 65.0 Å². The summed E-state index contributed by atoms with van der Waals surface area (Å²) in [5.74, 6) is -0.241. The minimum absolute atomic E-state index is 0.137. The fourth-order valence-corrected chi connectivity index (χ4v) is 4.18. The molecule has 2 heterocycles. The van der Waals surface area contributed by atoms with Crippen LogP contribution >= 0.6 is 0 Å². The first kappa shape index (κ1) is 18.9. The molecular weight excluding hydrogens is 353 g/mol. The SMILES string of the molecule is CCn1cc(CN[C@H]2CC(C)(C)Cc3c2cnn3-c2cccc(F)c2)c(C)n1. The average molecular weight is 381 g/mol. The van der Waals surface area contributed by atoms with Crippen LogP contribution in [-0.2, 0) is 19.5 Å². The normalized spacial score (nSPS) is 18.2. The molecule has 6 heteroatoms. The van der Waals surface area contributed by atoms with Crippen molar-refractivity contribution in [2.75, 3.05) is 0 Å². The number of fused-ring (bicyclic) bond motifs is 1. The Morgan fingerprint density at radius 3 is 2.86 bits per heavy atom. The fraction of sp³-hybridized carbons (Fsp3) is 0.455. The molecule has 148 valence electrons. The van der Waals surface area contributed by atoms with Crippen LogP contribution in [0.25, 0.3) is 5.69 Å². The molecule has 1 atom stereocenters. The summed E-state index contributed by atoms with van der Waals surface area (Å²) < 4.78 is 17.6. The largest absolute Gasteiger partial charge is 0.306 e. The Morgan fingerprint density at radius 1 is 1.32 bits per heavy atom. The lowest BCUT2D eigenvalue weighted by molar-refractivity contribution is 0.252. The van der Waals surface area contributed by atoms with E-state index < -0.39 is 0 Å². The van der Waals surface area contributed by atoms with E-state index in [0.717, 1.165) is 37.3 Å². The van der Waals surface area contributed by atoms with Crippen molar-refractivity contribution in [2.24, 2.45) is 5.41 Å². The lowest BCUT2D eigenvalue weighted by Crippen LogP contribution is -2.33. The van der Waals surface area contributed by atoms with Crippen molar-refractivity contribution in [2.45, 2.75) is 59.7 Å². The molecule has 4 rings (SSSR count). The molecule has 1 aliphatic carbocycles. The molecule has 28 heavy (non-hydrogen) atoms. The van der Waals surface area contributed by atoms with E-state index >= 15 is 0 Å². The van der Waals surface area contributed by atoms with Crippen molar-refractivity contribution in [3.8, 4) is 5.69 Å². The fourth-order valence-electron chi connectivity index (χ4n) is 4.18. The molecule has 0 aliphatic heterocycles. The molecule has 0 saturated heterocycles. The van der Waals surface area contributed by atoms with Gasteiger partial charge in [0.1, 0.15) is 5.82 Å². The number of benzene rings is 1. The summed E-state index contributed by atoms with van der Waals surface area (Å²) in [7, 11) is 0. The van der Waals surface area contributed by atoms with Crippen molar-refractivity contribution in [1.29, 1.82) is 0 Å². The highest BCUT2D eigenvalue weighted by atomic mass is 19.1. The van der Waals surface area contributed by atoms with Gasteiger partial charge in [0, 0.05) is 42.1 Å². The second-order valence-corrected chi connectivity index (χ2v) is 8.51. The molecule has 0 bridgehead atoms. The zero-order valence-corrected chi connectivity index (χ0v) is 17.0. The molecule has 0 unspecified atom stereocenters. The van der Waals surface area contributed by atoms with Crippen LogP contribution in [0.5, 0.6) is 0 Å². The summed E-state index contributed by atoms with van der Waals surface area (Å²) in [6.07, 6.45) is 6.02. The van der Waals surface area contributed by atoms with E-state index in [9.17, 15) is 4.39 Å². The zero-order valence-electron chi connectivity index (χ0n) is 17.0. The second-order valence-electron chi connectivity index (χ2n) is 8.51. The van der Waals surface area contributed by atoms with Gasteiger partial charge in [0.05, 0.1) is 17.6 Å². The van der Waals surface area contributed by atoms with Gasteiger partial charge in [0.15, 0.2) is 0 Å². The Morgan fingerprint density at radius 2 is 2.14 bits per heavy atom. The molecule has 3 aromatic rings. The maximum absolute atomic E-state index is 13.7. The van der Waals surface area contributed by atoms with E-state index in [1.54, 1.807) is 12.1 Å². The van der Waals surface area contributed by atoms with Crippen molar-refractivity contribution < 1.29 is 4.39 Å². The topological polar surface area (TPSA) is 47.7 Å². The average Bonchev–Trinajstić information content (AvgIpc) is 3.22. The summed E-state index contributed by atoms with van der Waals surface area (Å²) in [4.78, 5) is 0. The standard InChI is InChI=1S/C22H28FN5/c1-5-27-14-16(15(2)26-27)12-24-20-10-22(3,4)11-21-19(20)13-25-28(21)18-8-6-7-17(23)9-18/h6-9,13-14,20,24H,5,10-12H2,1-4H3/t20-/m0/s1. The van der Waals surface area contributed by atoms with Crippen molar-refractivity contribution >= 4 is 0 Å². The Kier molecular flexibility index (Phi) is 4.83. The summed E-state index contributed by atoms with van der Waals surface area (Å²) in [6.45, 7) is 10.4. The third-order valence-corrected chi connectivity index (χ3v) is 5.64. The molecular formula is C22H28FN5. The van der Waals surface area contributed by atoms with E-state index in [-0.39, 0.29) is 17.3 Å². The van der Waals surface area contributed by atoms with E-state index in [1.807, 2.05) is 21.6 Å². The number of aromatic nitrogens is 4. The number of nitrogens with one attached hydrogen (secondary N) is 1. The van der Waals surface area contributed by atoms with Gasteiger partial charge in [0.2, 0.25) is 0 Å². The Hall–Kier alpha value is -2.47. The third kappa shape index (κ3) is 3.61. The highest BCUT2D eigenvalue weighted by molar-refractivity contribution is 5.38. The molecule has 5 nitrogen and oxygen atoms in total. The quantitative estimate of drug-likeness (QED) is 0.715. The summed E-state index contributed by atoms with van der Waals surface area (Å²) >= 11 is 0. The van der Waals surface area contributed by atoms with E-state index in [4.69, 9.17) is 0 Å². The minimum atomic E-state index is -0.241. The predicted molar refractivity (Wildman–Crippen MR) is 108 cm³/mol. The van der Waals surface area contributed by atoms with Crippen LogP contribution in [-0.4, -0.2) is 19.6 Å². The van der Waals surface area contributed by atoms with Crippen LogP contribution in [0.3, 0.4) is 0 Å². The lowest BCUT2D eigenvalue weighted by atomic mass is 9.74. The van der Waals surface area contributed by atoms with Gasteiger partial charge in [-0.1, -0.05) is 19.9 Å². The molecule has 0 fully saturated rings. The van der Waals surface area contributed by atoms with Crippen LogP contribution < -0.4 is 5.32 Å². The third-order valence-electron chi connectivity index (χ3n) is 5.64. The Labute approximate surface area is 165 Å². The highest BCUT2D eigenvalue weighted by Crippen LogP contribution is 2.41. The van der Waals surface area contributed by atoms with Gasteiger partial charge in [0.25, 0.3) is 0 Å². The molecule has 0 saturated carbocycles. The maximum Gasteiger partial charge on any atom is 0.125 e. The minimum Gasteiger partial charge on any atom is -0.306 e. The van der Waals surface area contributed by atoms with E-state index in [1.165, 1.54) is 22.9 Å². The summed E-state index contributed by atoms with van der Waals surface area (Å²) in [5, 5.41) is 12.9. The van der Waals surface area contributed by atoms with Crippen LogP contribution in [0.4, 0.5) is 4.39 Å². The predicted octanol–water partition coefficient (Wildman–Crippen LogP) is 4.34. The first-order valence-electron chi connectivity index (χ1n) is 9.95. The summed E-state index contributed by atoms with van der Waals surface area (Å²) in [6, 6.07) is 6.86. The van der Waals surface area contributed by atoms with Crippen LogP contribution in [0.15, 0.2) is 36.7 Å². The Balaban J connectivity index is 1.63. The maximum atomic E-state index is 13.7. The summed E-state index contributed by atoms with van der Waals surface area (Å²) in [5.41, 5.74) is 5.59. The molecule has 0 amide bonds. The first-order valence-corrected chi connectivity index (χ1v) is 9.95. The number of rotatable bonds is 5. The zero-order chi connectivity index (χ0) is 19.9. The van der Waals surface area contributed by atoms with Crippen molar-refractivity contribution in [3.63, 3.8) is 0 Å². The Bertz CT molecular complexity index is 985. The van der Waals surface area contributed by atoms with Gasteiger partial charge in [-0.3, -0.25) is 4.68 Å². The highest BCUT2D eigenvalue weighted by Gasteiger charge is 2.35. The van der Waals surface area contributed by atoms with Gasteiger partial charge in [-0.2, -0.15) is 10.2 Å². The molecule has 2 aromatic heterocycles. The first-order chi connectivity index (χ1) is 13.4. The van der Waals surface area contributed by atoms with Gasteiger partial charge in [-0.15, -0.1) is 0 Å². The van der Waals surface area contributed by atoms with E-state index in [2.05, 4.69) is 49.4 Å². The molecule has 0 spiro atoms. The van der Waals surface area contributed by atoms with Gasteiger partial charge >= 0.3 is 0 Å². The molecule has 0 radical (unpaired) electrons. The number of hydrogen-bond acceptors (Lipinski definition) is 3. The van der Waals surface area contributed by atoms with E-state index in [0.29, 0.717) is 0 Å². The van der Waals surface area contributed by atoms with Crippen LogP contribution in [0, 0.1) is 18.2 Å². The number of hydrogen-bond donors (Lipinski definition) is 1. The smallest absolute Gasteiger partial charge is 0.125 e. The van der Waals surface area contributed by atoms with Gasteiger partial charge < -0.3 is 5.32 Å². The van der Waals surface area contributed by atoms with Crippen LogP contribution in [0.1, 0.15) is 55.7 Å². The van der Waals surface area contributed by atoms with Gasteiger partial charge in [-0.05, 0) is 50.3 Å². The lowest BCUT2D eigenvalue weighted by Gasteiger charge is -2.36. The molecule has 1 aromatic carbocycles. The van der Waals surface area contributed by atoms with Crippen molar-refractivity contribution in [1.82, 2.24) is 24.9 Å². The second kappa shape index (κ2) is 7.17. The molecule has 1 N–H and O–H groups in total. The number of halogens is 1. The monoisotopic (exact) mass is 381 g/mol.